The normalized spacial score (nSPS) is 28.4. The third-order valence-corrected chi connectivity index (χ3v) is 3.50. The Bertz CT molecular complexity index is 446. The Morgan fingerprint density at radius 3 is 2.63 bits per heavy atom. The van der Waals surface area contributed by atoms with Gasteiger partial charge in [-0.25, -0.2) is 0 Å². The fourth-order valence-corrected chi connectivity index (χ4v) is 2.29. The number of rotatable bonds is 3. The van der Waals surface area contributed by atoms with Crippen molar-refractivity contribution < 1.29 is 14.2 Å². The van der Waals surface area contributed by atoms with Crippen LogP contribution in [0.4, 0.5) is 0 Å². The highest BCUT2D eigenvalue weighted by Gasteiger charge is 2.32. The molecule has 1 aliphatic heterocycles. The Balaban J connectivity index is 2.10. The number of benzene rings is 1. The van der Waals surface area contributed by atoms with Gasteiger partial charge in [-0.1, -0.05) is 19.1 Å². The smallest absolute Gasteiger partial charge is 0.184 e. The first-order valence-electron chi connectivity index (χ1n) is 6.53. The van der Waals surface area contributed by atoms with E-state index in [1.54, 1.807) is 7.11 Å². The molecule has 4 atom stereocenters. The summed E-state index contributed by atoms with van der Waals surface area (Å²) in [6, 6.07) is 7.72. The van der Waals surface area contributed by atoms with Crippen LogP contribution in [0, 0.1) is 24.2 Å². The monoisotopic (exact) mass is 260 g/mol. The van der Waals surface area contributed by atoms with Gasteiger partial charge in [0.25, 0.3) is 0 Å². The van der Waals surface area contributed by atoms with Crippen LogP contribution in [0.5, 0.6) is 5.75 Å². The lowest BCUT2D eigenvalue weighted by atomic mass is 9.93. The summed E-state index contributed by atoms with van der Waals surface area (Å²) in [5.41, 5.74) is 0.988. The molecule has 0 aromatic heterocycles. The van der Waals surface area contributed by atoms with E-state index in [2.05, 4.69) is 12.8 Å². The van der Waals surface area contributed by atoms with Gasteiger partial charge in [-0.2, -0.15) is 0 Å². The van der Waals surface area contributed by atoms with Gasteiger partial charge < -0.3 is 14.2 Å². The van der Waals surface area contributed by atoms with E-state index in [0.29, 0.717) is 12.5 Å². The Morgan fingerprint density at radius 2 is 2.05 bits per heavy atom. The molecule has 0 N–H and O–H groups in total. The van der Waals surface area contributed by atoms with Gasteiger partial charge in [0.2, 0.25) is 0 Å². The molecule has 1 fully saturated rings. The maximum atomic E-state index is 6.01. The van der Waals surface area contributed by atoms with Gasteiger partial charge in [0, 0.05) is 17.4 Å². The van der Waals surface area contributed by atoms with E-state index in [1.807, 2.05) is 31.2 Å². The van der Waals surface area contributed by atoms with Crippen LogP contribution in [0.2, 0.25) is 0 Å². The zero-order chi connectivity index (χ0) is 13.8. The Morgan fingerprint density at radius 1 is 1.37 bits per heavy atom. The first kappa shape index (κ1) is 13.9. The summed E-state index contributed by atoms with van der Waals surface area (Å²) < 4.78 is 16.9. The van der Waals surface area contributed by atoms with Crippen LogP contribution in [0.3, 0.4) is 0 Å². The largest absolute Gasteiger partial charge is 0.497 e. The number of methoxy groups -OCH3 is 1. The van der Waals surface area contributed by atoms with Crippen molar-refractivity contribution in [3.05, 3.63) is 29.8 Å². The van der Waals surface area contributed by atoms with Gasteiger partial charge in [0.05, 0.1) is 19.8 Å². The van der Waals surface area contributed by atoms with Gasteiger partial charge >= 0.3 is 0 Å². The highest BCUT2D eigenvalue weighted by molar-refractivity contribution is 5.28. The molecular weight excluding hydrogens is 240 g/mol. The van der Waals surface area contributed by atoms with Gasteiger partial charge in [0.1, 0.15) is 5.75 Å². The fraction of sp³-hybridized carbons (Fsp3) is 0.500. The maximum absolute atomic E-state index is 6.01. The molecule has 3 nitrogen and oxygen atoms in total. The molecule has 0 radical (unpaired) electrons. The van der Waals surface area contributed by atoms with Crippen LogP contribution in [0.15, 0.2) is 24.3 Å². The predicted molar refractivity (Wildman–Crippen MR) is 73.7 cm³/mol. The van der Waals surface area contributed by atoms with Crippen LogP contribution in [0.1, 0.15) is 25.7 Å². The standard InChI is InChI=1S/C16H20O3/c1-5-11(2)15-12(3)10-18-16(19-15)13-6-8-14(17-4)9-7-13/h1,6-9,11-12,15-16H,10H2,2-4H3/t11-,12-,15-,16+/m1/s1. The molecule has 0 unspecified atom stereocenters. The molecule has 1 heterocycles. The summed E-state index contributed by atoms with van der Waals surface area (Å²) in [5, 5.41) is 0. The maximum Gasteiger partial charge on any atom is 0.184 e. The molecular formula is C16H20O3. The minimum atomic E-state index is -0.345. The second-order valence-electron chi connectivity index (χ2n) is 4.97. The minimum absolute atomic E-state index is 0.0332. The minimum Gasteiger partial charge on any atom is -0.497 e. The number of terminal acetylenes is 1. The molecule has 0 saturated carbocycles. The molecule has 2 rings (SSSR count). The summed E-state index contributed by atoms with van der Waals surface area (Å²) in [4.78, 5) is 0. The Hall–Kier alpha value is -1.50. The average molecular weight is 260 g/mol. The Labute approximate surface area is 114 Å². The first-order chi connectivity index (χ1) is 9.15. The van der Waals surface area contributed by atoms with Gasteiger partial charge in [-0.05, 0) is 19.1 Å². The van der Waals surface area contributed by atoms with Gasteiger partial charge in [-0.3, -0.25) is 0 Å². The van der Waals surface area contributed by atoms with E-state index < -0.39 is 0 Å². The van der Waals surface area contributed by atoms with Gasteiger partial charge in [0.15, 0.2) is 6.29 Å². The van der Waals surface area contributed by atoms with Crippen molar-refractivity contribution in [3.63, 3.8) is 0 Å². The Kier molecular flexibility index (Phi) is 4.47. The van der Waals surface area contributed by atoms with E-state index in [4.69, 9.17) is 20.6 Å². The quantitative estimate of drug-likeness (QED) is 0.782. The van der Waals surface area contributed by atoms with Crippen molar-refractivity contribution in [2.24, 2.45) is 11.8 Å². The lowest BCUT2D eigenvalue weighted by molar-refractivity contribution is -0.245. The zero-order valence-corrected chi connectivity index (χ0v) is 11.6. The predicted octanol–water partition coefficient (Wildman–Crippen LogP) is 3.01. The van der Waals surface area contributed by atoms with Crippen LogP contribution in [-0.4, -0.2) is 19.8 Å². The van der Waals surface area contributed by atoms with Crippen LogP contribution >= 0.6 is 0 Å². The number of hydrogen-bond acceptors (Lipinski definition) is 3. The summed E-state index contributed by atoms with van der Waals surface area (Å²) in [6.07, 6.45) is 5.19. The second kappa shape index (κ2) is 6.10. The molecule has 0 amide bonds. The van der Waals surface area contributed by atoms with E-state index in [0.717, 1.165) is 11.3 Å². The topological polar surface area (TPSA) is 27.7 Å². The van der Waals surface area contributed by atoms with Gasteiger partial charge in [-0.15, -0.1) is 12.3 Å². The van der Waals surface area contributed by atoms with E-state index in [1.165, 1.54) is 0 Å². The van der Waals surface area contributed by atoms with Crippen molar-refractivity contribution in [2.75, 3.05) is 13.7 Å². The molecule has 1 saturated heterocycles. The summed E-state index contributed by atoms with van der Waals surface area (Å²) in [6.45, 7) is 4.77. The van der Waals surface area contributed by atoms with Crippen LogP contribution in [0.25, 0.3) is 0 Å². The second-order valence-corrected chi connectivity index (χ2v) is 4.97. The van der Waals surface area contributed by atoms with E-state index in [9.17, 15) is 0 Å². The highest BCUT2D eigenvalue weighted by atomic mass is 16.7. The molecule has 1 aromatic rings. The molecule has 3 heteroatoms. The summed E-state index contributed by atoms with van der Waals surface area (Å²) in [5.74, 6) is 3.96. The molecule has 19 heavy (non-hydrogen) atoms. The molecule has 1 aromatic carbocycles. The number of hydrogen-bond donors (Lipinski definition) is 0. The molecule has 102 valence electrons. The molecule has 1 aliphatic rings. The zero-order valence-electron chi connectivity index (χ0n) is 11.6. The van der Waals surface area contributed by atoms with Crippen molar-refractivity contribution in [3.8, 4) is 18.1 Å². The van der Waals surface area contributed by atoms with Crippen molar-refractivity contribution >= 4 is 0 Å². The molecule has 0 aliphatic carbocycles. The fourth-order valence-electron chi connectivity index (χ4n) is 2.29. The van der Waals surface area contributed by atoms with Crippen molar-refractivity contribution in [1.82, 2.24) is 0 Å². The summed E-state index contributed by atoms with van der Waals surface area (Å²) >= 11 is 0. The lowest BCUT2D eigenvalue weighted by Gasteiger charge is -2.36. The van der Waals surface area contributed by atoms with E-state index in [-0.39, 0.29) is 18.3 Å². The third-order valence-electron chi connectivity index (χ3n) is 3.50. The highest BCUT2D eigenvalue weighted by Crippen LogP contribution is 2.32. The van der Waals surface area contributed by atoms with Crippen molar-refractivity contribution in [2.45, 2.75) is 26.2 Å². The lowest BCUT2D eigenvalue weighted by Crippen LogP contribution is -2.38. The summed E-state index contributed by atoms with van der Waals surface area (Å²) in [7, 11) is 1.65. The van der Waals surface area contributed by atoms with Crippen molar-refractivity contribution in [1.29, 1.82) is 0 Å². The molecule has 0 bridgehead atoms. The third kappa shape index (κ3) is 3.09. The van der Waals surface area contributed by atoms with E-state index >= 15 is 0 Å². The first-order valence-corrected chi connectivity index (χ1v) is 6.53. The SMILES string of the molecule is C#C[C@@H](C)[C@H]1O[C@@H](c2ccc(OC)cc2)OC[C@H]1C. The molecule has 0 spiro atoms. The van der Waals surface area contributed by atoms with Crippen LogP contribution in [-0.2, 0) is 9.47 Å². The van der Waals surface area contributed by atoms with Crippen LogP contribution < -0.4 is 4.74 Å². The number of ether oxygens (including phenoxy) is 3. The average Bonchev–Trinajstić information content (AvgIpc) is 2.47.